The molecule has 0 amide bonds. The average Bonchev–Trinajstić information content (AvgIpc) is 2.73. The van der Waals surface area contributed by atoms with Gasteiger partial charge >= 0.3 is 0 Å². The highest BCUT2D eigenvalue weighted by Gasteiger charge is 2.25. The minimum absolute atomic E-state index is 0.122. The number of aromatic nitrogens is 3. The first-order valence-electron chi connectivity index (χ1n) is 6.83. The summed E-state index contributed by atoms with van der Waals surface area (Å²) in [4.78, 5) is 0. The van der Waals surface area contributed by atoms with Crippen LogP contribution in [-0.4, -0.2) is 23.2 Å². The zero-order valence-electron chi connectivity index (χ0n) is 11.8. The van der Waals surface area contributed by atoms with Crippen molar-refractivity contribution in [1.29, 1.82) is 0 Å². The van der Waals surface area contributed by atoms with E-state index < -0.39 is 9.05 Å². The highest BCUT2D eigenvalue weighted by atomic mass is 35.7. The summed E-state index contributed by atoms with van der Waals surface area (Å²) in [7, 11) is 1.58. The van der Waals surface area contributed by atoms with Crippen LogP contribution in [0.3, 0.4) is 0 Å². The second-order valence-corrected chi connectivity index (χ2v) is 7.16. The van der Waals surface area contributed by atoms with Crippen molar-refractivity contribution in [3.8, 4) is 0 Å². The molecule has 0 N–H and O–H groups in total. The maximum absolute atomic E-state index is 11.5. The van der Waals surface area contributed by atoms with Crippen LogP contribution in [-0.2, 0) is 15.6 Å². The molecule has 0 atom stereocenters. The minimum Gasteiger partial charge on any atom is -0.301 e. The Morgan fingerprint density at radius 1 is 1.11 bits per heavy atom. The SMILES string of the molecule is CCCC(CCC)c1nnc(S(=O)(=O)Cl)n1CCC. The van der Waals surface area contributed by atoms with Gasteiger partial charge in [-0.3, -0.25) is 0 Å². The number of nitrogens with zero attached hydrogens (tertiary/aromatic N) is 3. The summed E-state index contributed by atoms with van der Waals surface area (Å²) in [5, 5.41) is 7.75. The fourth-order valence-electron chi connectivity index (χ4n) is 2.32. The molecule has 0 unspecified atom stereocenters. The molecule has 0 saturated heterocycles. The standard InChI is InChI=1S/C12H22ClN3O2S/c1-4-7-10(8-5-2)11-14-15-12(19(13,17)18)16(11)9-6-3/h10H,4-9H2,1-3H3. The van der Waals surface area contributed by atoms with Gasteiger partial charge in [-0.25, -0.2) is 8.42 Å². The Hall–Kier alpha value is -0.620. The van der Waals surface area contributed by atoms with E-state index >= 15 is 0 Å². The van der Waals surface area contributed by atoms with Gasteiger partial charge in [0.2, 0.25) is 0 Å². The van der Waals surface area contributed by atoms with Crippen LogP contribution in [0.4, 0.5) is 0 Å². The predicted molar refractivity (Wildman–Crippen MR) is 75.9 cm³/mol. The molecule has 5 nitrogen and oxygen atoms in total. The third-order valence-electron chi connectivity index (χ3n) is 3.05. The lowest BCUT2D eigenvalue weighted by Gasteiger charge is -2.16. The topological polar surface area (TPSA) is 64.8 Å². The molecule has 110 valence electrons. The Kier molecular flexibility index (Phi) is 6.26. The van der Waals surface area contributed by atoms with Gasteiger partial charge in [0, 0.05) is 23.1 Å². The van der Waals surface area contributed by atoms with Crippen LogP contribution in [0.15, 0.2) is 5.16 Å². The van der Waals surface area contributed by atoms with Crippen LogP contribution in [0.5, 0.6) is 0 Å². The molecule has 0 aliphatic carbocycles. The second kappa shape index (κ2) is 7.24. The van der Waals surface area contributed by atoms with E-state index in [1.54, 1.807) is 4.57 Å². The quantitative estimate of drug-likeness (QED) is 0.691. The molecule has 0 aliphatic heterocycles. The molecule has 1 aromatic heterocycles. The summed E-state index contributed by atoms with van der Waals surface area (Å²) in [6.07, 6.45) is 4.85. The van der Waals surface area contributed by atoms with Crippen molar-refractivity contribution in [1.82, 2.24) is 14.8 Å². The van der Waals surface area contributed by atoms with Crippen LogP contribution in [0, 0.1) is 0 Å². The Morgan fingerprint density at radius 3 is 2.11 bits per heavy atom. The zero-order chi connectivity index (χ0) is 14.5. The fraction of sp³-hybridized carbons (Fsp3) is 0.833. The largest absolute Gasteiger partial charge is 0.301 e. The molecule has 7 heteroatoms. The second-order valence-electron chi connectivity index (χ2n) is 4.70. The normalized spacial score (nSPS) is 12.3. The molecule has 1 heterocycles. The first-order chi connectivity index (χ1) is 8.95. The van der Waals surface area contributed by atoms with Gasteiger partial charge in [0.15, 0.2) is 0 Å². The molecule has 0 aromatic carbocycles. The Morgan fingerprint density at radius 2 is 1.68 bits per heavy atom. The lowest BCUT2D eigenvalue weighted by molar-refractivity contribution is 0.483. The number of hydrogen-bond acceptors (Lipinski definition) is 4. The molecule has 0 aliphatic rings. The first kappa shape index (κ1) is 16.4. The molecule has 1 aromatic rings. The van der Waals surface area contributed by atoms with Gasteiger partial charge in [-0.05, 0) is 19.3 Å². The van der Waals surface area contributed by atoms with Crippen molar-refractivity contribution in [2.45, 2.75) is 70.5 Å². The van der Waals surface area contributed by atoms with Crippen molar-refractivity contribution in [3.05, 3.63) is 5.82 Å². The molecular weight excluding hydrogens is 286 g/mol. The van der Waals surface area contributed by atoms with Crippen molar-refractivity contribution < 1.29 is 8.42 Å². The number of halogens is 1. The molecule has 19 heavy (non-hydrogen) atoms. The predicted octanol–water partition coefficient (Wildman–Crippen LogP) is 3.30. The van der Waals surface area contributed by atoms with Crippen molar-refractivity contribution in [2.24, 2.45) is 0 Å². The van der Waals surface area contributed by atoms with E-state index in [4.69, 9.17) is 10.7 Å². The molecule has 0 bridgehead atoms. The Balaban J connectivity index is 3.22. The van der Waals surface area contributed by atoms with E-state index in [0.29, 0.717) is 6.54 Å². The van der Waals surface area contributed by atoms with Gasteiger partial charge in [-0.15, -0.1) is 10.2 Å². The van der Waals surface area contributed by atoms with Crippen molar-refractivity contribution in [3.63, 3.8) is 0 Å². The van der Waals surface area contributed by atoms with Gasteiger partial charge in [0.25, 0.3) is 14.2 Å². The summed E-state index contributed by atoms with van der Waals surface area (Å²) in [5.41, 5.74) is 0. The summed E-state index contributed by atoms with van der Waals surface area (Å²) in [5.74, 6) is 1.01. The highest BCUT2D eigenvalue weighted by Crippen LogP contribution is 2.27. The van der Waals surface area contributed by atoms with Gasteiger partial charge in [0.1, 0.15) is 5.82 Å². The third kappa shape index (κ3) is 4.18. The lowest BCUT2D eigenvalue weighted by atomic mass is 9.97. The average molecular weight is 308 g/mol. The maximum Gasteiger partial charge on any atom is 0.296 e. The van der Waals surface area contributed by atoms with Crippen LogP contribution in [0.25, 0.3) is 0 Å². The van der Waals surface area contributed by atoms with Crippen molar-refractivity contribution >= 4 is 19.7 Å². The smallest absolute Gasteiger partial charge is 0.296 e. The van der Waals surface area contributed by atoms with Crippen molar-refractivity contribution in [2.75, 3.05) is 0 Å². The molecule has 0 radical (unpaired) electrons. The lowest BCUT2D eigenvalue weighted by Crippen LogP contribution is -2.13. The van der Waals surface area contributed by atoms with Gasteiger partial charge in [-0.2, -0.15) is 0 Å². The number of rotatable bonds is 8. The van der Waals surface area contributed by atoms with E-state index in [1.165, 1.54) is 0 Å². The molecule has 0 saturated carbocycles. The summed E-state index contributed by atoms with van der Waals surface area (Å²) in [6, 6.07) is 0. The van der Waals surface area contributed by atoms with Crippen LogP contribution < -0.4 is 0 Å². The Labute approximate surface area is 119 Å². The maximum atomic E-state index is 11.5. The molecule has 0 fully saturated rings. The summed E-state index contributed by atoms with van der Waals surface area (Å²) < 4.78 is 24.7. The minimum atomic E-state index is -3.84. The first-order valence-corrected chi connectivity index (χ1v) is 9.14. The monoisotopic (exact) mass is 307 g/mol. The highest BCUT2D eigenvalue weighted by molar-refractivity contribution is 8.13. The van der Waals surface area contributed by atoms with Crippen LogP contribution in [0.2, 0.25) is 0 Å². The molecule has 1 rings (SSSR count). The van der Waals surface area contributed by atoms with E-state index in [1.807, 2.05) is 6.92 Å². The summed E-state index contributed by atoms with van der Waals surface area (Å²) in [6.45, 7) is 6.79. The van der Waals surface area contributed by atoms with Gasteiger partial charge < -0.3 is 4.57 Å². The third-order valence-corrected chi connectivity index (χ3v) is 4.20. The Bertz CT molecular complexity index is 493. The molecule has 0 spiro atoms. The van der Waals surface area contributed by atoms with Crippen LogP contribution >= 0.6 is 10.7 Å². The molecular formula is C12H22ClN3O2S. The zero-order valence-corrected chi connectivity index (χ0v) is 13.3. The van der Waals surface area contributed by atoms with Crippen LogP contribution in [0.1, 0.15) is 64.6 Å². The van der Waals surface area contributed by atoms with E-state index in [2.05, 4.69) is 24.0 Å². The summed E-state index contributed by atoms with van der Waals surface area (Å²) >= 11 is 0. The van der Waals surface area contributed by atoms with E-state index in [-0.39, 0.29) is 11.1 Å². The van der Waals surface area contributed by atoms with E-state index in [9.17, 15) is 8.42 Å². The number of hydrogen-bond donors (Lipinski definition) is 0. The fourth-order valence-corrected chi connectivity index (χ4v) is 3.24. The van der Waals surface area contributed by atoms with Gasteiger partial charge in [0.05, 0.1) is 0 Å². The van der Waals surface area contributed by atoms with Gasteiger partial charge in [-0.1, -0.05) is 33.6 Å². The van der Waals surface area contributed by atoms with E-state index in [0.717, 1.165) is 37.9 Å².